The Balaban J connectivity index is 2.64. The molecule has 2 aromatic carbocycles. The normalized spacial score (nSPS) is 10.4. The van der Waals surface area contributed by atoms with E-state index in [0.29, 0.717) is 5.56 Å². The third kappa shape index (κ3) is 2.46. The molecule has 0 aliphatic rings. The van der Waals surface area contributed by atoms with Crippen LogP contribution in [0.4, 0.5) is 0 Å². The monoisotopic (exact) mass is 304 g/mol. The number of aromatic carboxylic acids is 1. The topological polar surface area (TPSA) is 37.3 Å². The van der Waals surface area contributed by atoms with Gasteiger partial charge in [0.15, 0.2) is 0 Å². The van der Waals surface area contributed by atoms with E-state index in [1.54, 1.807) is 12.1 Å². The van der Waals surface area contributed by atoms with E-state index < -0.39 is 5.97 Å². The van der Waals surface area contributed by atoms with Gasteiger partial charge in [0.1, 0.15) is 0 Å². The average molecular weight is 305 g/mol. The SMILES string of the molecule is Cc1cccc(-c2cc(Br)cc(C(=O)O)c2)c1C. The zero-order valence-electron chi connectivity index (χ0n) is 10.2. The molecule has 1 N–H and O–H groups in total. The van der Waals surface area contributed by atoms with E-state index in [9.17, 15) is 4.79 Å². The molecule has 92 valence electrons. The molecule has 18 heavy (non-hydrogen) atoms. The Morgan fingerprint density at radius 3 is 2.56 bits per heavy atom. The summed E-state index contributed by atoms with van der Waals surface area (Å²) in [6, 6.07) is 11.3. The molecular weight excluding hydrogens is 292 g/mol. The number of aryl methyl sites for hydroxylation is 1. The Morgan fingerprint density at radius 1 is 1.17 bits per heavy atom. The molecule has 0 aromatic heterocycles. The smallest absolute Gasteiger partial charge is 0.335 e. The van der Waals surface area contributed by atoms with Crippen LogP contribution in [0.5, 0.6) is 0 Å². The zero-order valence-corrected chi connectivity index (χ0v) is 11.8. The van der Waals surface area contributed by atoms with Crippen molar-refractivity contribution in [2.75, 3.05) is 0 Å². The van der Waals surface area contributed by atoms with Crippen LogP contribution in [0, 0.1) is 13.8 Å². The summed E-state index contributed by atoms with van der Waals surface area (Å²) in [6.45, 7) is 4.10. The lowest BCUT2D eigenvalue weighted by Gasteiger charge is -2.10. The van der Waals surface area contributed by atoms with Gasteiger partial charge in [0, 0.05) is 4.47 Å². The summed E-state index contributed by atoms with van der Waals surface area (Å²) in [6.07, 6.45) is 0. The third-order valence-corrected chi connectivity index (χ3v) is 3.52. The molecule has 2 aromatic rings. The fourth-order valence-electron chi connectivity index (χ4n) is 1.93. The molecule has 2 nitrogen and oxygen atoms in total. The first-order valence-electron chi connectivity index (χ1n) is 5.59. The van der Waals surface area contributed by atoms with Gasteiger partial charge < -0.3 is 5.11 Å². The summed E-state index contributed by atoms with van der Waals surface area (Å²) in [5.41, 5.74) is 4.65. The molecule has 0 atom stereocenters. The number of carbonyl (C=O) groups is 1. The largest absolute Gasteiger partial charge is 0.478 e. The van der Waals surface area contributed by atoms with Gasteiger partial charge in [0.05, 0.1) is 5.56 Å². The van der Waals surface area contributed by atoms with Gasteiger partial charge in [-0.05, 0) is 54.3 Å². The second-order valence-electron chi connectivity index (χ2n) is 4.28. The Hall–Kier alpha value is -1.61. The molecule has 0 bridgehead atoms. The van der Waals surface area contributed by atoms with Crippen LogP contribution in [0.2, 0.25) is 0 Å². The standard InChI is InChI=1S/C15H13BrO2/c1-9-4-3-5-14(10(9)2)11-6-12(15(17)18)8-13(16)7-11/h3-8H,1-2H3,(H,17,18). The fraction of sp³-hybridized carbons (Fsp3) is 0.133. The number of carboxylic acid groups (broad SMARTS) is 1. The van der Waals surface area contributed by atoms with Gasteiger partial charge in [-0.3, -0.25) is 0 Å². The average Bonchev–Trinajstić information content (AvgIpc) is 2.31. The Kier molecular flexibility index (Phi) is 3.53. The number of halogens is 1. The minimum absolute atomic E-state index is 0.292. The van der Waals surface area contributed by atoms with E-state index >= 15 is 0 Å². The van der Waals surface area contributed by atoms with Gasteiger partial charge in [-0.2, -0.15) is 0 Å². The van der Waals surface area contributed by atoms with Gasteiger partial charge in [-0.15, -0.1) is 0 Å². The molecular formula is C15H13BrO2. The first kappa shape index (κ1) is 12.8. The lowest BCUT2D eigenvalue weighted by Crippen LogP contribution is -1.97. The Bertz CT molecular complexity index is 618. The lowest BCUT2D eigenvalue weighted by atomic mass is 9.96. The van der Waals surface area contributed by atoms with Crippen molar-refractivity contribution in [2.45, 2.75) is 13.8 Å². The van der Waals surface area contributed by atoms with Crippen molar-refractivity contribution in [2.24, 2.45) is 0 Å². The molecule has 0 saturated carbocycles. The highest BCUT2D eigenvalue weighted by Gasteiger charge is 2.09. The minimum Gasteiger partial charge on any atom is -0.478 e. The molecule has 0 aliphatic carbocycles. The van der Waals surface area contributed by atoms with Gasteiger partial charge in [-0.25, -0.2) is 4.79 Å². The number of rotatable bonds is 2. The van der Waals surface area contributed by atoms with Gasteiger partial charge in [0.25, 0.3) is 0 Å². The van der Waals surface area contributed by atoms with Crippen LogP contribution in [0.3, 0.4) is 0 Å². The predicted molar refractivity (Wildman–Crippen MR) is 76.0 cm³/mol. The molecule has 0 spiro atoms. The Morgan fingerprint density at radius 2 is 1.89 bits per heavy atom. The van der Waals surface area contributed by atoms with Crippen molar-refractivity contribution >= 4 is 21.9 Å². The molecule has 2 rings (SSSR count). The van der Waals surface area contributed by atoms with E-state index in [0.717, 1.165) is 15.6 Å². The van der Waals surface area contributed by atoms with E-state index in [-0.39, 0.29) is 0 Å². The van der Waals surface area contributed by atoms with Crippen molar-refractivity contribution in [3.63, 3.8) is 0 Å². The summed E-state index contributed by atoms with van der Waals surface area (Å²) in [5, 5.41) is 9.08. The molecule has 0 fully saturated rings. The minimum atomic E-state index is -0.914. The molecule has 0 amide bonds. The van der Waals surface area contributed by atoms with Crippen molar-refractivity contribution in [3.05, 3.63) is 57.6 Å². The van der Waals surface area contributed by atoms with Crippen molar-refractivity contribution < 1.29 is 9.90 Å². The van der Waals surface area contributed by atoms with E-state index in [4.69, 9.17) is 5.11 Å². The van der Waals surface area contributed by atoms with Crippen molar-refractivity contribution in [1.29, 1.82) is 0 Å². The molecule has 0 heterocycles. The molecule has 0 saturated heterocycles. The fourth-order valence-corrected chi connectivity index (χ4v) is 2.43. The molecule has 0 aliphatic heterocycles. The van der Waals surface area contributed by atoms with Crippen molar-refractivity contribution in [3.8, 4) is 11.1 Å². The lowest BCUT2D eigenvalue weighted by molar-refractivity contribution is 0.0697. The molecule has 3 heteroatoms. The summed E-state index contributed by atoms with van der Waals surface area (Å²) in [7, 11) is 0. The second-order valence-corrected chi connectivity index (χ2v) is 5.20. The van der Waals surface area contributed by atoms with Gasteiger partial charge in [0.2, 0.25) is 0 Å². The number of hydrogen-bond donors (Lipinski definition) is 1. The number of carboxylic acids is 1. The first-order valence-corrected chi connectivity index (χ1v) is 6.39. The van der Waals surface area contributed by atoms with Crippen LogP contribution in [-0.4, -0.2) is 11.1 Å². The van der Waals surface area contributed by atoms with Crippen LogP contribution in [0.25, 0.3) is 11.1 Å². The van der Waals surface area contributed by atoms with Gasteiger partial charge >= 0.3 is 5.97 Å². The summed E-state index contributed by atoms with van der Waals surface area (Å²) in [4.78, 5) is 11.1. The molecule has 0 radical (unpaired) electrons. The zero-order chi connectivity index (χ0) is 13.3. The summed E-state index contributed by atoms with van der Waals surface area (Å²) in [5.74, 6) is -0.914. The van der Waals surface area contributed by atoms with Gasteiger partial charge in [-0.1, -0.05) is 34.1 Å². The summed E-state index contributed by atoms with van der Waals surface area (Å²) < 4.78 is 0.776. The number of benzene rings is 2. The highest BCUT2D eigenvalue weighted by atomic mass is 79.9. The maximum atomic E-state index is 11.1. The van der Waals surface area contributed by atoms with Crippen LogP contribution in [-0.2, 0) is 0 Å². The summed E-state index contributed by atoms with van der Waals surface area (Å²) >= 11 is 3.36. The predicted octanol–water partition coefficient (Wildman–Crippen LogP) is 4.43. The highest BCUT2D eigenvalue weighted by molar-refractivity contribution is 9.10. The van der Waals surface area contributed by atoms with Crippen molar-refractivity contribution in [1.82, 2.24) is 0 Å². The second kappa shape index (κ2) is 4.94. The van der Waals surface area contributed by atoms with Crippen LogP contribution < -0.4 is 0 Å². The van der Waals surface area contributed by atoms with E-state index in [1.165, 1.54) is 11.1 Å². The third-order valence-electron chi connectivity index (χ3n) is 3.06. The maximum absolute atomic E-state index is 11.1. The van der Waals surface area contributed by atoms with Crippen LogP contribution in [0.15, 0.2) is 40.9 Å². The van der Waals surface area contributed by atoms with E-state index in [1.807, 2.05) is 25.1 Å². The Labute approximate surface area is 114 Å². The quantitative estimate of drug-likeness (QED) is 0.891. The van der Waals surface area contributed by atoms with Crippen LogP contribution in [0.1, 0.15) is 21.5 Å². The first-order chi connectivity index (χ1) is 8.49. The maximum Gasteiger partial charge on any atom is 0.335 e. The molecule has 0 unspecified atom stereocenters. The highest BCUT2D eigenvalue weighted by Crippen LogP contribution is 2.29. The van der Waals surface area contributed by atoms with Crippen LogP contribution >= 0.6 is 15.9 Å². The van der Waals surface area contributed by atoms with E-state index in [2.05, 4.69) is 28.9 Å². The number of hydrogen-bond acceptors (Lipinski definition) is 1.